The Kier molecular flexibility index (Phi) is 5.32. The number of hydrogen-bond acceptors (Lipinski definition) is 10. The van der Waals surface area contributed by atoms with Crippen LogP contribution in [0.4, 0.5) is 10.6 Å². The van der Waals surface area contributed by atoms with Gasteiger partial charge in [-0.3, -0.25) is 29.0 Å². The molecule has 0 aliphatic carbocycles. The van der Waals surface area contributed by atoms with Gasteiger partial charge in [-0.15, -0.1) is 0 Å². The van der Waals surface area contributed by atoms with E-state index in [1.165, 1.54) is 10.9 Å². The fourth-order valence-electron chi connectivity index (χ4n) is 3.12. The molecule has 5 atom stereocenters. The van der Waals surface area contributed by atoms with Crippen molar-refractivity contribution in [1.82, 2.24) is 24.8 Å². The third-order valence-corrected chi connectivity index (χ3v) is 5.72. The summed E-state index contributed by atoms with van der Waals surface area (Å²) >= 11 is 0. The highest BCUT2D eigenvalue weighted by Crippen LogP contribution is 2.52. The van der Waals surface area contributed by atoms with Crippen molar-refractivity contribution in [2.75, 3.05) is 11.9 Å². The van der Waals surface area contributed by atoms with Gasteiger partial charge in [0.1, 0.15) is 24.6 Å². The average Bonchev–Trinajstić information content (AvgIpc) is 3.22. The Morgan fingerprint density at radius 3 is 2.74 bits per heavy atom. The highest BCUT2D eigenvalue weighted by molar-refractivity contribution is 7.47. The molecular formula is C16H21N6O8P. The van der Waals surface area contributed by atoms with Gasteiger partial charge >= 0.3 is 13.9 Å². The second-order valence-corrected chi connectivity index (χ2v) is 9.50. The quantitative estimate of drug-likeness (QED) is 0.455. The van der Waals surface area contributed by atoms with Gasteiger partial charge in [0.25, 0.3) is 0 Å². The number of anilines is 1. The third kappa shape index (κ3) is 4.18. The van der Waals surface area contributed by atoms with E-state index >= 15 is 0 Å². The number of nitrogens with one attached hydrogen (secondary N) is 2. The number of imidazole rings is 1. The molecule has 2 aromatic rings. The predicted molar refractivity (Wildman–Crippen MR) is 103 cm³/mol. The SMILES string of the molecule is CC(C)(C)C(=O)NC(=O)Nc1ncnc2c1ncn2[C@@H]1O[C@@H]2COP(=O)(O)O[C@H]2[C@H]1O. The minimum atomic E-state index is -4.27. The average molecular weight is 456 g/mol. The van der Waals surface area contributed by atoms with Crippen molar-refractivity contribution >= 4 is 36.7 Å². The van der Waals surface area contributed by atoms with Crippen molar-refractivity contribution in [3.8, 4) is 0 Å². The fraction of sp³-hybridized carbons (Fsp3) is 0.562. The normalized spacial score (nSPS) is 30.7. The second-order valence-electron chi connectivity index (χ2n) is 8.09. The van der Waals surface area contributed by atoms with Crippen LogP contribution in [0, 0.1) is 5.41 Å². The molecule has 31 heavy (non-hydrogen) atoms. The highest BCUT2D eigenvalue weighted by Gasteiger charge is 2.52. The first-order valence-corrected chi connectivity index (χ1v) is 10.7. The first-order chi connectivity index (χ1) is 14.5. The molecule has 2 saturated heterocycles. The number of phosphoric ester groups is 1. The number of rotatable bonds is 2. The molecule has 168 valence electrons. The minimum absolute atomic E-state index is 0.0345. The Balaban J connectivity index is 1.56. The van der Waals surface area contributed by atoms with Gasteiger partial charge < -0.3 is 14.7 Å². The smallest absolute Gasteiger partial charge is 0.386 e. The number of carbonyl (C=O) groups is 2. The number of aliphatic hydroxyl groups is 1. The van der Waals surface area contributed by atoms with Crippen molar-refractivity contribution in [2.24, 2.45) is 5.41 Å². The summed E-state index contributed by atoms with van der Waals surface area (Å²) < 4.78 is 28.4. The van der Waals surface area contributed by atoms with Crippen molar-refractivity contribution in [1.29, 1.82) is 0 Å². The second kappa shape index (κ2) is 7.58. The standard InChI is InChI=1S/C16H21N6O8P/c1-16(2,3)14(24)21-15(25)20-11-8-12(18-5-17-11)22(6-19-8)13-9(23)10-7(29-13)4-28-31(26,27)30-10/h5-7,9-10,13,23H,4H2,1-3H3,(H,26,27)(H2,17,18,20,21,24,25)/t7-,9-,10-,13-/m1/s1. The lowest BCUT2D eigenvalue weighted by molar-refractivity contribution is -0.127. The lowest BCUT2D eigenvalue weighted by Crippen LogP contribution is -2.41. The van der Waals surface area contributed by atoms with Crippen LogP contribution >= 0.6 is 7.82 Å². The number of carbonyl (C=O) groups excluding carboxylic acids is 2. The molecule has 0 aromatic carbocycles. The molecule has 0 saturated carbocycles. The maximum Gasteiger partial charge on any atom is 0.472 e. The maximum atomic E-state index is 12.2. The molecule has 2 aromatic heterocycles. The van der Waals surface area contributed by atoms with E-state index in [1.54, 1.807) is 20.8 Å². The van der Waals surface area contributed by atoms with Gasteiger partial charge in [-0.2, -0.15) is 0 Å². The molecule has 0 spiro atoms. The predicted octanol–water partition coefficient (Wildman–Crippen LogP) is 0.295. The van der Waals surface area contributed by atoms with E-state index in [2.05, 4.69) is 25.6 Å². The summed E-state index contributed by atoms with van der Waals surface area (Å²) in [6, 6.07) is -0.790. The number of amides is 3. The molecule has 4 N–H and O–H groups in total. The Morgan fingerprint density at radius 2 is 2.03 bits per heavy atom. The number of ether oxygens (including phenoxy) is 1. The molecule has 2 fully saturated rings. The Morgan fingerprint density at radius 1 is 1.29 bits per heavy atom. The van der Waals surface area contributed by atoms with E-state index in [1.807, 2.05) is 0 Å². The summed E-state index contributed by atoms with van der Waals surface area (Å²) in [7, 11) is -4.27. The number of phosphoric acid groups is 1. The maximum absolute atomic E-state index is 12.2. The molecule has 4 rings (SSSR count). The van der Waals surface area contributed by atoms with Gasteiger partial charge in [0.05, 0.1) is 12.9 Å². The zero-order valence-corrected chi connectivity index (χ0v) is 17.6. The molecule has 4 heterocycles. The van der Waals surface area contributed by atoms with Crippen molar-refractivity contribution < 1.29 is 37.9 Å². The summed E-state index contributed by atoms with van der Waals surface area (Å²) in [4.78, 5) is 45.9. The zero-order chi connectivity index (χ0) is 22.6. The van der Waals surface area contributed by atoms with Crippen molar-refractivity contribution in [2.45, 2.75) is 45.3 Å². The van der Waals surface area contributed by atoms with E-state index in [0.717, 1.165) is 6.33 Å². The largest absolute Gasteiger partial charge is 0.472 e. The summed E-state index contributed by atoms with van der Waals surface area (Å²) in [6.07, 6.45) is -1.74. The van der Waals surface area contributed by atoms with E-state index in [9.17, 15) is 24.2 Å². The van der Waals surface area contributed by atoms with Crippen LogP contribution in [0.2, 0.25) is 0 Å². The van der Waals surface area contributed by atoms with Gasteiger partial charge in [0.15, 0.2) is 23.2 Å². The van der Waals surface area contributed by atoms with Crippen molar-refractivity contribution in [3.63, 3.8) is 0 Å². The van der Waals surface area contributed by atoms with Crippen LogP contribution in [0.15, 0.2) is 12.7 Å². The molecule has 15 heteroatoms. The molecule has 1 unspecified atom stereocenters. The van der Waals surface area contributed by atoms with Gasteiger partial charge in [0, 0.05) is 5.41 Å². The molecule has 0 radical (unpaired) electrons. The van der Waals surface area contributed by atoms with Gasteiger partial charge in [0.2, 0.25) is 5.91 Å². The van der Waals surface area contributed by atoms with E-state index in [-0.39, 0.29) is 23.6 Å². The lowest BCUT2D eigenvalue weighted by atomic mass is 9.96. The van der Waals surface area contributed by atoms with Crippen molar-refractivity contribution in [3.05, 3.63) is 12.7 Å². The number of aliphatic hydroxyl groups excluding tert-OH is 1. The van der Waals surface area contributed by atoms with Gasteiger partial charge in [-0.25, -0.2) is 24.3 Å². The Bertz CT molecular complexity index is 1080. The number of nitrogens with zero attached hydrogens (tertiary/aromatic N) is 4. The molecule has 14 nitrogen and oxygen atoms in total. The molecule has 3 amide bonds. The van der Waals surface area contributed by atoms with Crippen LogP contribution < -0.4 is 10.6 Å². The van der Waals surface area contributed by atoms with Crippen LogP contribution in [-0.4, -0.2) is 66.4 Å². The lowest BCUT2D eigenvalue weighted by Gasteiger charge is -2.27. The third-order valence-electron chi connectivity index (χ3n) is 4.74. The highest BCUT2D eigenvalue weighted by atomic mass is 31.2. The van der Waals surface area contributed by atoms with E-state index < -0.39 is 49.7 Å². The summed E-state index contributed by atoms with van der Waals surface area (Å²) in [5.74, 6) is -0.443. The number of aromatic nitrogens is 4. The summed E-state index contributed by atoms with van der Waals surface area (Å²) in [5, 5.41) is 15.3. The molecular weight excluding hydrogens is 435 g/mol. The molecule has 0 bridgehead atoms. The zero-order valence-electron chi connectivity index (χ0n) is 16.8. The Labute approximate surface area is 175 Å². The molecule has 2 aliphatic heterocycles. The van der Waals surface area contributed by atoms with E-state index in [0.29, 0.717) is 0 Å². The first kappa shape index (κ1) is 21.7. The van der Waals surface area contributed by atoms with Crippen LogP contribution in [-0.2, 0) is 23.1 Å². The Hall–Kier alpha value is -2.48. The number of hydrogen-bond donors (Lipinski definition) is 4. The van der Waals surface area contributed by atoms with Gasteiger partial charge in [-0.05, 0) is 0 Å². The minimum Gasteiger partial charge on any atom is -0.386 e. The topological polar surface area (TPSA) is 187 Å². The van der Waals surface area contributed by atoms with Crippen LogP contribution in [0.1, 0.15) is 27.0 Å². The van der Waals surface area contributed by atoms with E-state index in [4.69, 9.17) is 13.8 Å². The first-order valence-electron chi connectivity index (χ1n) is 9.25. The van der Waals surface area contributed by atoms with Crippen LogP contribution in [0.5, 0.6) is 0 Å². The number of urea groups is 1. The van der Waals surface area contributed by atoms with Crippen LogP contribution in [0.3, 0.4) is 0 Å². The van der Waals surface area contributed by atoms with Crippen LogP contribution in [0.25, 0.3) is 11.2 Å². The number of fused-ring (bicyclic) bond motifs is 2. The fourth-order valence-corrected chi connectivity index (χ4v) is 4.09. The number of imide groups is 1. The monoisotopic (exact) mass is 456 g/mol. The molecule has 2 aliphatic rings. The summed E-state index contributed by atoms with van der Waals surface area (Å²) in [5.41, 5.74) is -0.378. The van der Waals surface area contributed by atoms with Gasteiger partial charge in [-0.1, -0.05) is 20.8 Å². The summed E-state index contributed by atoms with van der Waals surface area (Å²) in [6.45, 7) is 4.75.